The molecule has 168 valence electrons. The molecule has 0 aliphatic carbocycles. The summed E-state index contributed by atoms with van der Waals surface area (Å²) < 4.78 is 29.2. The van der Waals surface area contributed by atoms with Crippen LogP contribution >= 0.6 is 19.8 Å². The number of phosphoric ester groups is 1. The van der Waals surface area contributed by atoms with Gasteiger partial charge in [0.1, 0.15) is 0 Å². The van der Waals surface area contributed by atoms with Crippen LogP contribution in [-0.2, 0) is 9.19 Å². The lowest BCUT2D eigenvalue weighted by Gasteiger charge is -2.19. The van der Waals surface area contributed by atoms with E-state index in [1.165, 1.54) is 36.4 Å². The Morgan fingerprint density at radius 1 is 1.00 bits per heavy atom. The Hall–Kier alpha value is -2.66. The van der Waals surface area contributed by atoms with E-state index in [9.17, 15) is 24.8 Å². The highest BCUT2D eigenvalue weighted by atomic mass is 32.2. The van der Waals surface area contributed by atoms with Crippen molar-refractivity contribution in [3.63, 3.8) is 0 Å². The summed E-state index contributed by atoms with van der Waals surface area (Å²) in [5.74, 6) is -0.724. The van der Waals surface area contributed by atoms with Gasteiger partial charge in [-0.2, -0.15) is 4.62 Å². The van der Waals surface area contributed by atoms with Gasteiger partial charge in [0.25, 0.3) is 0 Å². The molecule has 0 aliphatic heterocycles. The molecule has 0 spiro atoms. The summed E-state index contributed by atoms with van der Waals surface area (Å²) in [5, 5.41) is 22.8. The van der Waals surface area contributed by atoms with E-state index in [0.717, 1.165) is 18.4 Å². The summed E-state index contributed by atoms with van der Waals surface area (Å²) in [5.41, 5.74) is 0.254. The van der Waals surface area contributed by atoms with E-state index in [0.29, 0.717) is 11.1 Å². The van der Waals surface area contributed by atoms with Crippen LogP contribution in [0.1, 0.15) is 31.4 Å². The van der Waals surface area contributed by atoms with Gasteiger partial charge in [-0.25, -0.2) is 4.57 Å². The molecule has 0 amide bonds. The van der Waals surface area contributed by atoms with Crippen LogP contribution in [-0.4, -0.2) is 15.1 Å². The molecular weight excluding hydrogens is 449 g/mol. The summed E-state index contributed by atoms with van der Waals surface area (Å²) >= 11 is 1.08. The summed E-state index contributed by atoms with van der Waals surface area (Å²) in [6, 6.07) is 7.94. The maximum atomic E-state index is 13.4. The summed E-state index contributed by atoms with van der Waals surface area (Å²) in [6.07, 6.45) is 0.764. The minimum absolute atomic E-state index is 0.0649. The second kappa shape index (κ2) is 10.6. The lowest BCUT2D eigenvalue weighted by atomic mass is 10.2. The minimum atomic E-state index is -4.64. The Balaban J connectivity index is 2.44. The van der Waals surface area contributed by atoms with E-state index in [2.05, 4.69) is 4.89 Å². The SMILES string of the molecule is CCC(C)SNOP(=O)(Oc1cc(C)ccc1[N+](=O)[O-])Oc1cc(C)ccc1[N+](=O)[O-]. The van der Waals surface area contributed by atoms with E-state index in [1.807, 2.05) is 13.8 Å². The number of hydrogen-bond donors (Lipinski definition) is 1. The van der Waals surface area contributed by atoms with Crippen LogP contribution in [0.4, 0.5) is 11.4 Å². The number of rotatable bonds is 11. The number of nitro groups is 2. The maximum Gasteiger partial charge on any atom is 0.606 e. The summed E-state index contributed by atoms with van der Waals surface area (Å²) in [6.45, 7) is 7.12. The van der Waals surface area contributed by atoms with Gasteiger partial charge in [-0.1, -0.05) is 37.9 Å². The highest BCUT2D eigenvalue weighted by molar-refractivity contribution is 7.97. The predicted octanol–water partition coefficient (Wildman–Crippen LogP) is 5.65. The number of phosphoric acid groups is 1. The van der Waals surface area contributed by atoms with Gasteiger partial charge < -0.3 is 9.05 Å². The van der Waals surface area contributed by atoms with Crippen molar-refractivity contribution in [2.24, 2.45) is 0 Å². The monoisotopic (exact) mass is 471 g/mol. The van der Waals surface area contributed by atoms with E-state index >= 15 is 0 Å². The molecule has 0 saturated carbocycles. The standard InChI is InChI=1S/C18H22N3O8PS/c1-5-14(4)31-19-29-30(26,27-17-10-12(2)6-8-15(17)20(22)23)28-18-11-13(3)7-9-16(18)21(24)25/h6-11,14,19H,5H2,1-4H3. The molecule has 2 rings (SSSR count). The number of nitro benzene ring substituents is 2. The zero-order chi connectivity index (χ0) is 23.2. The zero-order valence-corrected chi connectivity index (χ0v) is 19.0. The average Bonchev–Trinajstić information content (AvgIpc) is 2.67. The fraction of sp³-hybridized carbons (Fsp3) is 0.333. The first kappa shape index (κ1) is 24.6. The van der Waals surface area contributed by atoms with Crippen LogP contribution in [0.25, 0.3) is 0 Å². The topological polar surface area (TPSA) is 143 Å². The van der Waals surface area contributed by atoms with E-state index in [-0.39, 0.29) is 16.7 Å². The van der Waals surface area contributed by atoms with Gasteiger partial charge in [-0.15, -0.1) is 4.89 Å². The molecule has 1 atom stereocenters. The highest BCUT2D eigenvalue weighted by Gasteiger charge is 2.37. The molecule has 13 heteroatoms. The molecule has 0 saturated heterocycles. The van der Waals surface area contributed by atoms with Crippen molar-refractivity contribution in [3.05, 3.63) is 67.8 Å². The molecule has 0 radical (unpaired) electrons. The smallest absolute Gasteiger partial charge is 0.387 e. The van der Waals surface area contributed by atoms with Crippen molar-refractivity contribution < 1.29 is 28.1 Å². The molecule has 2 aromatic carbocycles. The minimum Gasteiger partial charge on any atom is -0.387 e. The van der Waals surface area contributed by atoms with E-state index in [4.69, 9.17) is 13.7 Å². The maximum absolute atomic E-state index is 13.4. The first-order chi connectivity index (χ1) is 14.5. The van der Waals surface area contributed by atoms with Gasteiger partial charge in [0.15, 0.2) is 0 Å². The lowest BCUT2D eigenvalue weighted by molar-refractivity contribution is -0.385. The van der Waals surface area contributed by atoms with Gasteiger partial charge in [0.2, 0.25) is 11.5 Å². The number of nitrogens with one attached hydrogen (secondary N) is 1. The molecule has 0 aromatic heterocycles. The van der Waals surface area contributed by atoms with Crippen LogP contribution in [0, 0.1) is 34.1 Å². The molecular formula is C18H22N3O8PS. The Labute approximate surface area is 183 Å². The third-order valence-corrected chi connectivity index (χ3v) is 6.21. The van der Waals surface area contributed by atoms with Crippen LogP contribution in [0.2, 0.25) is 0 Å². The molecule has 2 aromatic rings. The van der Waals surface area contributed by atoms with Crippen LogP contribution in [0.3, 0.4) is 0 Å². The van der Waals surface area contributed by atoms with Crippen molar-refractivity contribution in [1.29, 1.82) is 0 Å². The first-order valence-electron chi connectivity index (χ1n) is 9.13. The van der Waals surface area contributed by atoms with Crippen molar-refractivity contribution in [1.82, 2.24) is 4.89 Å². The van der Waals surface area contributed by atoms with Gasteiger partial charge in [0.05, 0.1) is 9.85 Å². The third-order valence-electron chi connectivity index (χ3n) is 4.02. The quantitative estimate of drug-likeness (QED) is 0.189. The predicted molar refractivity (Wildman–Crippen MR) is 116 cm³/mol. The second-order valence-corrected chi connectivity index (χ2v) is 9.25. The fourth-order valence-corrected chi connectivity index (χ4v) is 3.97. The van der Waals surface area contributed by atoms with E-state index in [1.54, 1.807) is 13.8 Å². The number of hydrogen-bond acceptors (Lipinski definition) is 10. The summed E-state index contributed by atoms with van der Waals surface area (Å²) in [4.78, 5) is 23.7. The van der Waals surface area contributed by atoms with Gasteiger partial charge >= 0.3 is 19.2 Å². The molecule has 0 aliphatic rings. The molecule has 1 unspecified atom stereocenters. The van der Waals surface area contributed by atoms with Gasteiger partial charge in [0, 0.05) is 17.4 Å². The van der Waals surface area contributed by atoms with Gasteiger partial charge in [-0.3, -0.25) is 20.2 Å². The Kier molecular flexibility index (Phi) is 8.40. The normalized spacial score (nSPS) is 12.3. The Bertz CT molecular complexity index is 950. The molecule has 0 heterocycles. The van der Waals surface area contributed by atoms with Crippen molar-refractivity contribution in [2.75, 3.05) is 0 Å². The Morgan fingerprint density at radius 3 is 1.84 bits per heavy atom. The van der Waals surface area contributed by atoms with Crippen molar-refractivity contribution in [3.8, 4) is 11.5 Å². The van der Waals surface area contributed by atoms with Crippen molar-refractivity contribution in [2.45, 2.75) is 39.4 Å². The summed E-state index contributed by atoms with van der Waals surface area (Å²) in [7, 11) is -4.64. The average molecular weight is 471 g/mol. The Morgan fingerprint density at radius 2 is 1.45 bits per heavy atom. The molecule has 0 bridgehead atoms. The molecule has 11 nitrogen and oxygen atoms in total. The fourth-order valence-electron chi connectivity index (χ4n) is 2.22. The molecule has 0 fully saturated rings. The van der Waals surface area contributed by atoms with Crippen LogP contribution < -0.4 is 13.9 Å². The van der Waals surface area contributed by atoms with Gasteiger partial charge in [-0.05, 0) is 43.5 Å². The van der Waals surface area contributed by atoms with Crippen LogP contribution in [0.15, 0.2) is 36.4 Å². The number of benzene rings is 2. The third kappa shape index (κ3) is 6.93. The molecule has 31 heavy (non-hydrogen) atoms. The lowest BCUT2D eigenvalue weighted by Crippen LogP contribution is -2.15. The van der Waals surface area contributed by atoms with E-state index < -0.39 is 29.0 Å². The molecule has 1 N–H and O–H groups in total. The van der Waals surface area contributed by atoms with Crippen molar-refractivity contribution >= 4 is 31.1 Å². The highest BCUT2D eigenvalue weighted by Crippen LogP contribution is 2.52. The first-order valence-corrected chi connectivity index (χ1v) is 11.5. The largest absolute Gasteiger partial charge is 0.606 e. The second-order valence-electron chi connectivity index (χ2n) is 6.60. The van der Waals surface area contributed by atoms with Crippen LogP contribution in [0.5, 0.6) is 11.5 Å². The number of nitrogens with zero attached hydrogens (tertiary/aromatic N) is 2. The zero-order valence-electron chi connectivity index (χ0n) is 17.3. The number of aryl methyl sites for hydroxylation is 2.